The Bertz CT molecular complexity index is 547. The summed E-state index contributed by atoms with van der Waals surface area (Å²) in [6.45, 7) is 2.54. The van der Waals surface area contributed by atoms with Gasteiger partial charge in [-0.3, -0.25) is 9.48 Å². The normalized spacial score (nSPS) is 10.3. The highest BCUT2D eigenvalue weighted by atomic mass is 16.2. The summed E-state index contributed by atoms with van der Waals surface area (Å²) < 4.78 is 1.61. The van der Waals surface area contributed by atoms with Gasteiger partial charge in [-0.05, 0) is 24.1 Å². The molecule has 1 heterocycles. The van der Waals surface area contributed by atoms with Gasteiger partial charge in [0.25, 0.3) is 0 Å². The van der Waals surface area contributed by atoms with E-state index in [9.17, 15) is 4.79 Å². The summed E-state index contributed by atoms with van der Waals surface area (Å²) in [4.78, 5) is 11.8. The van der Waals surface area contributed by atoms with Crippen LogP contribution in [0.2, 0.25) is 0 Å². The number of aryl methyl sites for hydroxylation is 1. The summed E-state index contributed by atoms with van der Waals surface area (Å²) in [5.74, 6) is -0.112. The lowest BCUT2D eigenvalue weighted by molar-refractivity contribution is -0.116. The van der Waals surface area contributed by atoms with Crippen LogP contribution in [0.4, 0.5) is 5.69 Å². The lowest BCUT2D eigenvalue weighted by atomic mass is 10.2. The smallest absolute Gasteiger partial charge is 0.246 e. The number of aromatic nitrogens is 2. The SMILES string of the molecule is Cc1cnn(CC(=O)Nc2ccccc2CN)c1. The molecule has 0 aliphatic heterocycles. The van der Waals surface area contributed by atoms with Crippen molar-refractivity contribution in [2.45, 2.75) is 20.0 Å². The van der Waals surface area contributed by atoms with Crippen LogP contribution in [-0.4, -0.2) is 15.7 Å². The molecule has 2 rings (SSSR count). The second-order valence-electron chi connectivity index (χ2n) is 4.12. The van der Waals surface area contributed by atoms with E-state index >= 15 is 0 Å². The fourth-order valence-electron chi connectivity index (χ4n) is 1.71. The fraction of sp³-hybridized carbons (Fsp3) is 0.231. The van der Waals surface area contributed by atoms with E-state index in [-0.39, 0.29) is 12.5 Å². The van der Waals surface area contributed by atoms with Crippen LogP contribution in [0.1, 0.15) is 11.1 Å². The average Bonchev–Trinajstić information content (AvgIpc) is 2.75. The maximum Gasteiger partial charge on any atom is 0.246 e. The number of nitrogens with two attached hydrogens (primary N) is 1. The second kappa shape index (κ2) is 5.46. The molecule has 94 valence electrons. The van der Waals surface area contributed by atoms with Gasteiger partial charge in [0, 0.05) is 18.4 Å². The van der Waals surface area contributed by atoms with Gasteiger partial charge in [-0.1, -0.05) is 18.2 Å². The topological polar surface area (TPSA) is 72.9 Å². The predicted octanol–water partition coefficient (Wildman–Crippen LogP) is 1.29. The lowest BCUT2D eigenvalue weighted by Gasteiger charge is -2.09. The Hall–Kier alpha value is -2.14. The standard InChI is InChI=1S/C13H16N4O/c1-10-7-15-17(8-10)9-13(18)16-12-5-3-2-4-11(12)6-14/h2-5,7-8H,6,9,14H2,1H3,(H,16,18). The van der Waals surface area contributed by atoms with Gasteiger partial charge >= 0.3 is 0 Å². The first-order chi connectivity index (χ1) is 8.69. The zero-order chi connectivity index (χ0) is 13.0. The third-order valence-corrected chi connectivity index (χ3v) is 2.58. The first kappa shape index (κ1) is 12.3. The van der Waals surface area contributed by atoms with Crippen LogP contribution >= 0.6 is 0 Å². The van der Waals surface area contributed by atoms with Gasteiger partial charge in [0.05, 0.1) is 6.20 Å². The van der Waals surface area contributed by atoms with Crippen LogP contribution in [0.25, 0.3) is 0 Å². The highest BCUT2D eigenvalue weighted by molar-refractivity contribution is 5.91. The maximum atomic E-state index is 11.8. The van der Waals surface area contributed by atoms with Crippen LogP contribution in [0.5, 0.6) is 0 Å². The largest absolute Gasteiger partial charge is 0.326 e. The number of rotatable bonds is 4. The highest BCUT2D eigenvalue weighted by Gasteiger charge is 2.06. The number of hydrogen-bond acceptors (Lipinski definition) is 3. The van der Waals surface area contributed by atoms with Crippen molar-refractivity contribution >= 4 is 11.6 Å². The van der Waals surface area contributed by atoms with Crippen molar-refractivity contribution < 1.29 is 4.79 Å². The summed E-state index contributed by atoms with van der Waals surface area (Å²) in [7, 11) is 0. The van der Waals surface area contributed by atoms with Crippen molar-refractivity contribution in [1.82, 2.24) is 9.78 Å². The molecule has 5 nitrogen and oxygen atoms in total. The number of carbonyl (C=O) groups is 1. The van der Waals surface area contributed by atoms with E-state index < -0.39 is 0 Å². The van der Waals surface area contributed by atoms with Crippen LogP contribution in [0.3, 0.4) is 0 Å². The van der Waals surface area contributed by atoms with Gasteiger partial charge in [0.2, 0.25) is 5.91 Å². The minimum atomic E-state index is -0.112. The lowest BCUT2D eigenvalue weighted by Crippen LogP contribution is -2.20. The third-order valence-electron chi connectivity index (χ3n) is 2.58. The molecule has 0 bridgehead atoms. The maximum absolute atomic E-state index is 11.8. The van der Waals surface area contributed by atoms with Gasteiger partial charge in [0.15, 0.2) is 0 Å². The van der Waals surface area contributed by atoms with Crippen molar-refractivity contribution in [2.24, 2.45) is 5.73 Å². The van der Waals surface area contributed by atoms with Gasteiger partial charge < -0.3 is 11.1 Å². The molecule has 0 radical (unpaired) electrons. The number of nitrogens with zero attached hydrogens (tertiary/aromatic N) is 2. The summed E-state index contributed by atoms with van der Waals surface area (Å²) in [6, 6.07) is 7.50. The van der Waals surface area contributed by atoms with E-state index in [0.717, 1.165) is 16.8 Å². The van der Waals surface area contributed by atoms with E-state index in [0.29, 0.717) is 6.54 Å². The second-order valence-corrected chi connectivity index (χ2v) is 4.12. The van der Waals surface area contributed by atoms with Gasteiger partial charge in [0.1, 0.15) is 6.54 Å². The molecule has 0 unspecified atom stereocenters. The van der Waals surface area contributed by atoms with E-state index in [1.807, 2.05) is 37.4 Å². The van der Waals surface area contributed by atoms with Crippen LogP contribution in [0.15, 0.2) is 36.7 Å². The molecule has 0 fully saturated rings. The van der Waals surface area contributed by atoms with E-state index in [1.165, 1.54) is 0 Å². The number of anilines is 1. The van der Waals surface area contributed by atoms with E-state index in [2.05, 4.69) is 10.4 Å². The van der Waals surface area contributed by atoms with Crippen LogP contribution in [-0.2, 0) is 17.9 Å². The number of hydrogen-bond donors (Lipinski definition) is 2. The van der Waals surface area contributed by atoms with Crippen molar-refractivity contribution in [3.05, 3.63) is 47.8 Å². The molecule has 1 aromatic carbocycles. The van der Waals surface area contributed by atoms with Crippen LogP contribution in [0, 0.1) is 6.92 Å². The zero-order valence-electron chi connectivity index (χ0n) is 10.3. The Labute approximate surface area is 106 Å². The molecule has 5 heteroatoms. The van der Waals surface area contributed by atoms with Gasteiger partial charge in [-0.25, -0.2) is 0 Å². The quantitative estimate of drug-likeness (QED) is 0.851. The van der Waals surface area contributed by atoms with Crippen molar-refractivity contribution in [3.8, 4) is 0 Å². The summed E-state index contributed by atoms with van der Waals surface area (Å²) in [5, 5.41) is 6.91. The molecular formula is C13H16N4O. The molecule has 0 aliphatic carbocycles. The Morgan fingerprint density at radius 2 is 2.22 bits per heavy atom. The Morgan fingerprint density at radius 3 is 2.89 bits per heavy atom. The van der Waals surface area contributed by atoms with Crippen molar-refractivity contribution in [3.63, 3.8) is 0 Å². The van der Waals surface area contributed by atoms with Gasteiger partial charge in [-0.15, -0.1) is 0 Å². The van der Waals surface area contributed by atoms with Crippen molar-refractivity contribution in [2.75, 3.05) is 5.32 Å². The molecule has 0 aliphatic rings. The molecule has 18 heavy (non-hydrogen) atoms. The first-order valence-corrected chi connectivity index (χ1v) is 5.76. The van der Waals surface area contributed by atoms with Crippen molar-refractivity contribution in [1.29, 1.82) is 0 Å². The third kappa shape index (κ3) is 2.95. The highest BCUT2D eigenvalue weighted by Crippen LogP contribution is 2.13. The summed E-state index contributed by atoms with van der Waals surface area (Å²) >= 11 is 0. The molecule has 1 aromatic heterocycles. The fourth-order valence-corrected chi connectivity index (χ4v) is 1.71. The first-order valence-electron chi connectivity index (χ1n) is 5.76. The van der Waals surface area contributed by atoms with Crippen LogP contribution < -0.4 is 11.1 Å². The molecule has 3 N–H and O–H groups in total. The number of benzene rings is 1. The molecule has 1 amide bonds. The van der Waals surface area contributed by atoms with E-state index in [1.54, 1.807) is 10.9 Å². The summed E-state index contributed by atoms with van der Waals surface area (Å²) in [5.41, 5.74) is 8.32. The molecule has 0 saturated carbocycles. The molecule has 0 saturated heterocycles. The minimum absolute atomic E-state index is 0.112. The monoisotopic (exact) mass is 244 g/mol. The minimum Gasteiger partial charge on any atom is -0.326 e. The molecule has 0 spiro atoms. The average molecular weight is 244 g/mol. The predicted molar refractivity (Wildman–Crippen MR) is 69.9 cm³/mol. The Kier molecular flexibility index (Phi) is 3.74. The summed E-state index contributed by atoms with van der Waals surface area (Å²) in [6.07, 6.45) is 3.55. The number of para-hydroxylation sites is 1. The van der Waals surface area contributed by atoms with E-state index in [4.69, 9.17) is 5.73 Å². The number of amides is 1. The Morgan fingerprint density at radius 1 is 1.44 bits per heavy atom. The molecule has 2 aromatic rings. The van der Waals surface area contributed by atoms with Gasteiger partial charge in [-0.2, -0.15) is 5.10 Å². The Balaban J connectivity index is 2.03. The number of carbonyl (C=O) groups excluding carboxylic acids is 1. The molecular weight excluding hydrogens is 228 g/mol. The number of nitrogens with one attached hydrogen (secondary N) is 1. The zero-order valence-corrected chi connectivity index (χ0v) is 10.3. The molecule has 0 atom stereocenters.